The van der Waals surface area contributed by atoms with Crippen molar-refractivity contribution in [1.82, 2.24) is 9.97 Å². The van der Waals surface area contributed by atoms with E-state index in [0.29, 0.717) is 22.6 Å². The van der Waals surface area contributed by atoms with Crippen molar-refractivity contribution < 1.29 is 4.42 Å². The summed E-state index contributed by atoms with van der Waals surface area (Å²) in [4.78, 5) is 8.27. The minimum Gasteiger partial charge on any atom is -0.472 e. The Morgan fingerprint density at radius 3 is 2.86 bits per heavy atom. The molecule has 0 radical (unpaired) electrons. The molecule has 0 aliphatic rings. The minimum absolute atomic E-state index is 0.313. The Morgan fingerprint density at radius 1 is 1.36 bits per heavy atom. The molecule has 0 unspecified atom stereocenters. The Kier molecular flexibility index (Phi) is 2.70. The van der Waals surface area contributed by atoms with Crippen molar-refractivity contribution in [2.75, 3.05) is 0 Å². The SMILES string of the molecule is ClCc1cc(Cl)nc(-c2ccoc2)n1. The second-order valence-corrected chi connectivity index (χ2v) is 3.31. The predicted octanol–water partition coefficient (Wildman–Crippen LogP) is 3.13. The van der Waals surface area contributed by atoms with Gasteiger partial charge in [-0.2, -0.15) is 0 Å². The molecule has 0 fully saturated rings. The lowest BCUT2D eigenvalue weighted by molar-refractivity contribution is 0.568. The molecule has 0 saturated heterocycles. The van der Waals surface area contributed by atoms with Crippen LogP contribution in [-0.2, 0) is 5.88 Å². The van der Waals surface area contributed by atoms with Crippen molar-refractivity contribution in [3.05, 3.63) is 35.5 Å². The molecule has 2 aromatic heterocycles. The highest BCUT2D eigenvalue weighted by atomic mass is 35.5. The molecular formula is C9H6Cl2N2O. The van der Waals surface area contributed by atoms with Gasteiger partial charge in [-0.15, -0.1) is 11.6 Å². The maximum atomic E-state index is 5.81. The van der Waals surface area contributed by atoms with Crippen LogP contribution in [0.2, 0.25) is 5.15 Å². The molecule has 0 aromatic carbocycles. The summed E-state index contributed by atoms with van der Waals surface area (Å²) in [6.45, 7) is 0. The molecule has 0 aliphatic heterocycles. The zero-order valence-electron chi connectivity index (χ0n) is 7.08. The first-order chi connectivity index (χ1) is 6.79. The summed E-state index contributed by atoms with van der Waals surface area (Å²) in [6, 6.07) is 3.40. The zero-order chi connectivity index (χ0) is 9.97. The average Bonchev–Trinajstić information content (AvgIpc) is 2.69. The summed E-state index contributed by atoms with van der Waals surface area (Å²) in [5.74, 6) is 0.842. The Balaban J connectivity index is 2.48. The highest BCUT2D eigenvalue weighted by molar-refractivity contribution is 6.29. The molecule has 72 valence electrons. The summed E-state index contributed by atoms with van der Waals surface area (Å²) >= 11 is 11.5. The van der Waals surface area contributed by atoms with Crippen molar-refractivity contribution in [2.24, 2.45) is 0 Å². The van der Waals surface area contributed by atoms with E-state index in [1.54, 1.807) is 24.7 Å². The first-order valence-electron chi connectivity index (χ1n) is 3.91. The van der Waals surface area contributed by atoms with E-state index in [9.17, 15) is 0 Å². The Morgan fingerprint density at radius 2 is 2.21 bits per heavy atom. The third-order valence-corrected chi connectivity index (χ3v) is 2.13. The van der Waals surface area contributed by atoms with E-state index in [1.165, 1.54) is 0 Å². The number of furan rings is 1. The highest BCUT2D eigenvalue weighted by Crippen LogP contribution is 2.18. The second-order valence-electron chi connectivity index (χ2n) is 2.65. The topological polar surface area (TPSA) is 38.9 Å². The number of nitrogens with zero attached hydrogens (tertiary/aromatic N) is 2. The van der Waals surface area contributed by atoms with Crippen LogP contribution >= 0.6 is 23.2 Å². The molecule has 2 aromatic rings. The fraction of sp³-hybridized carbons (Fsp3) is 0.111. The van der Waals surface area contributed by atoms with Gasteiger partial charge in [0.05, 0.1) is 23.4 Å². The van der Waals surface area contributed by atoms with Gasteiger partial charge >= 0.3 is 0 Å². The molecule has 2 rings (SSSR count). The summed E-state index contributed by atoms with van der Waals surface area (Å²) in [5.41, 5.74) is 1.49. The van der Waals surface area contributed by atoms with E-state index in [2.05, 4.69) is 9.97 Å². The van der Waals surface area contributed by atoms with Crippen molar-refractivity contribution >= 4 is 23.2 Å². The van der Waals surface area contributed by atoms with E-state index in [1.807, 2.05) is 0 Å². The number of alkyl halides is 1. The molecule has 5 heteroatoms. The monoisotopic (exact) mass is 228 g/mol. The van der Waals surface area contributed by atoms with Gasteiger partial charge in [0.2, 0.25) is 0 Å². The van der Waals surface area contributed by atoms with Gasteiger partial charge in [-0.25, -0.2) is 9.97 Å². The molecule has 3 nitrogen and oxygen atoms in total. The van der Waals surface area contributed by atoms with Crippen molar-refractivity contribution in [1.29, 1.82) is 0 Å². The van der Waals surface area contributed by atoms with Gasteiger partial charge in [0.15, 0.2) is 5.82 Å². The highest BCUT2D eigenvalue weighted by Gasteiger charge is 2.05. The smallest absolute Gasteiger partial charge is 0.164 e. The third-order valence-electron chi connectivity index (χ3n) is 1.66. The summed E-state index contributed by atoms with van der Waals surface area (Å²) in [7, 11) is 0. The van der Waals surface area contributed by atoms with Crippen molar-refractivity contribution in [3.8, 4) is 11.4 Å². The van der Waals surface area contributed by atoms with Crippen LogP contribution in [0.3, 0.4) is 0 Å². The van der Waals surface area contributed by atoms with Gasteiger partial charge in [0.1, 0.15) is 11.4 Å². The van der Waals surface area contributed by atoms with Gasteiger partial charge < -0.3 is 4.42 Å². The van der Waals surface area contributed by atoms with Gasteiger partial charge in [0.25, 0.3) is 0 Å². The molecule has 0 saturated carbocycles. The fourth-order valence-corrected chi connectivity index (χ4v) is 1.40. The maximum Gasteiger partial charge on any atom is 0.164 e. The fourth-order valence-electron chi connectivity index (χ4n) is 1.05. The number of halogens is 2. The largest absolute Gasteiger partial charge is 0.472 e. The van der Waals surface area contributed by atoms with Crippen molar-refractivity contribution in [3.63, 3.8) is 0 Å². The Hall–Kier alpha value is -1.06. The third kappa shape index (κ3) is 1.89. The lowest BCUT2D eigenvalue weighted by Gasteiger charge is -1.99. The molecule has 0 atom stereocenters. The first-order valence-corrected chi connectivity index (χ1v) is 4.83. The number of hydrogen-bond acceptors (Lipinski definition) is 3. The van der Waals surface area contributed by atoms with E-state index < -0.39 is 0 Å². The molecule has 0 spiro atoms. The summed E-state index contributed by atoms with van der Waals surface area (Å²) in [5, 5.41) is 0.381. The summed E-state index contributed by atoms with van der Waals surface area (Å²) < 4.78 is 4.93. The van der Waals surface area contributed by atoms with Crippen LogP contribution in [0.5, 0.6) is 0 Å². The van der Waals surface area contributed by atoms with Gasteiger partial charge in [-0.05, 0) is 12.1 Å². The molecule has 0 N–H and O–H groups in total. The maximum absolute atomic E-state index is 5.81. The van der Waals surface area contributed by atoms with Crippen LogP contribution in [0, 0.1) is 0 Å². The van der Waals surface area contributed by atoms with Crippen LogP contribution in [0.1, 0.15) is 5.69 Å². The van der Waals surface area contributed by atoms with Gasteiger partial charge in [0, 0.05) is 0 Å². The summed E-state index contributed by atoms with van der Waals surface area (Å²) in [6.07, 6.45) is 3.11. The van der Waals surface area contributed by atoms with Crippen LogP contribution in [0.25, 0.3) is 11.4 Å². The molecular weight excluding hydrogens is 223 g/mol. The Bertz CT molecular complexity index is 428. The molecule has 0 bridgehead atoms. The van der Waals surface area contributed by atoms with E-state index in [4.69, 9.17) is 27.6 Å². The van der Waals surface area contributed by atoms with Crippen LogP contribution < -0.4 is 0 Å². The second kappa shape index (κ2) is 3.98. The van der Waals surface area contributed by atoms with Crippen LogP contribution in [0.4, 0.5) is 0 Å². The molecule has 0 aliphatic carbocycles. The average molecular weight is 229 g/mol. The van der Waals surface area contributed by atoms with Crippen molar-refractivity contribution in [2.45, 2.75) is 5.88 Å². The lowest BCUT2D eigenvalue weighted by atomic mass is 10.3. The number of rotatable bonds is 2. The molecule has 0 amide bonds. The normalized spacial score (nSPS) is 10.4. The molecule has 14 heavy (non-hydrogen) atoms. The van der Waals surface area contributed by atoms with Crippen LogP contribution in [0.15, 0.2) is 29.1 Å². The Labute approximate surface area is 90.7 Å². The molecule has 2 heterocycles. The first kappa shape index (κ1) is 9.49. The number of hydrogen-bond donors (Lipinski definition) is 0. The van der Waals surface area contributed by atoms with E-state index in [-0.39, 0.29) is 0 Å². The minimum atomic E-state index is 0.313. The van der Waals surface area contributed by atoms with E-state index in [0.717, 1.165) is 5.56 Å². The quantitative estimate of drug-likeness (QED) is 0.586. The predicted molar refractivity (Wildman–Crippen MR) is 54.3 cm³/mol. The van der Waals surface area contributed by atoms with Crippen LogP contribution in [-0.4, -0.2) is 9.97 Å². The lowest BCUT2D eigenvalue weighted by Crippen LogP contribution is -1.93. The van der Waals surface area contributed by atoms with E-state index >= 15 is 0 Å². The van der Waals surface area contributed by atoms with Gasteiger partial charge in [-0.3, -0.25) is 0 Å². The number of aromatic nitrogens is 2. The zero-order valence-corrected chi connectivity index (χ0v) is 8.59. The van der Waals surface area contributed by atoms with Gasteiger partial charge in [-0.1, -0.05) is 11.6 Å². The standard InChI is InChI=1S/C9H6Cl2N2O/c10-4-7-3-8(11)13-9(12-7)6-1-2-14-5-6/h1-3,5H,4H2.